The highest BCUT2D eigenvalue weighted by Gasteiger charge is 2.75. The first-order chi connectivity index (χ1) is 12.9. The molecular formula is C21H25F2N3O. The summed E-state index contributed by atoms with van der Waals surface area (Å²) in [5.41, 5.74) is 1.20. The van der Waals surface area contributed by atoms with E-state index >= 15 is 0 Å². The summed E-state index contributed by atoms with van der Waals surface area (Å²) in [6.45, 7) is 3.02. The van der Waals surface area contributed by atoms with Gasteiger partial charge in [0, 0.05) is 37.1 Å². The lowest BCUT2D eigenvalue weighted by Gasteiger charge is -2.79. The number of allylic oxidation sites excluding steroid dienone is 3. The third-order valence-corrected chi connectivity index (χ3v) is 7.77. The number of likely N-dealkylation sites (tertiary alicyclic amines) is 1. The van der Waals surface area contributed by atoms with Crippen LogP contribution in [0.1, 0.15) is 45.4 Å². The van der Waals surface area contributed by atoms with Crippen LogP contribution < -0.4 is 5.32 Å². The Bertz CT molecular complexity index is 794. The molecule has 0 spiro atoms. The molecule has 3 unspecified atom stereocenters. The van der Waals surface area contributed by atoms with Crippen LogP contribution in [0, 0.1) is 16.7 Å². The van der Waals surface area contributed by atoms with Gasteiger partial charge in [-0.3, -0.25) is 9.79 Å². The molecule has 1 saturated heterocycles. The van der Waals surface area contributed by atoms with Crippen molar-refractivity contribution in [3.05, 3.63) is 36.0 Å². The second-order valence-corrected chi connectivity index (χ2v) is 9.24. The van der Waals surface area contributed by atoms with Crippen LogP contribution in [0.4, 0.5) is 8.78 Å². The van der Waals surface area contributed by atoms with Crippen molar-refractivity contribution in [2.45, 2.75) is 57.3 Å². The van der Waals surface area contributed by atoms with Gasteiger partial charge in [0.25, 0.3) is 0 Å². The molecule has 0 aromatic heterocycles. The maximum absolute atomic E-state index is 13.5. The molecule has 1 amide bonds. The lowest BCUT2D eigenvalue weighted by molar-refractivity contribution is -0.260. The second kappa shape index (κ2) is 5.52. The second-order valence-electron chi connectivity index (χ2n) is 9.24. The SMILES string of the molecule is CC1(C23CC(N4CCC(C5=CNC(F)C(F)=C5)CC4=O)(C2)C3)C=CN=CC1. The standard InChI is InChI=1S/C21H25F2N3O/c1-19(3-5-24-6-4-19)20-11-21(12-20,13-20)26-7-2-14(9-17(26)27)15-8-16(22)18(23)25-10-15/h3,5-6,8,10,14,18,25H,2,4,7,9,11-13H2,1H3. The minimum Gasteiger partial charge on any atom is -0.356 e. The molecule has 0 aromatic rings. The Morgan fingerprint density at radius 3 is 2.74 bits per heavy atom. The van der Waals surface area contributed by atoms with Crippen molar-refractivity contribution in [3.8, 4) is 0 Å². The van der Waals surface area contributed by atoms with Crippen molar-refractivity contribution in [2.24, 2.45) is 21.7 Å². The van der Waals surface area contributed by atoms with Crippen molar-refractivity contribution in [3.63, 3.8) is 0 Å². The fraction of sp³-hybridized carbons (Fsp3) is 0.619. The molecule has 4 nitrogen and oxygen atoms in total. The summed E-state index contributed by atoms with van der Waals surface area (Å²) in [5, 5.41) is 2.40. The van der Waals surface area contributed by atoms with Gasteiger partial charge in [0.1, 0.15) is 0 Å². The summed E-state index contributed by atoms with van der Waals surface area (Å²) in [5.74, 6) is -0.681. The van der Waals surface area contributed by atoms with E-state index in [0.717, 1.165) is 32.1 Å². The summed E-state index contributed by atoms with van der Waals surface area (Å²) < 4.78 is 26.7. The van der Waals surface area contributed by atoms with Gasteiger partial charge in [-0.05, 0) is 60.5 Å². The maximum atomic E-state index is 13.5. The number of dihydropyridines is 1. The predicted octanol–water partition coefficient (Wildman–Crippen LogP) is 3.78. The molecule has 144 valence electrons. The third-order valence-electron chi connectivity index (χ3n) is 7.77. The van der Waals surface area contributed by atoms with Gasteiger partial charge in [-0.2, -0.15) is 0 Å². The Morgan fingerprint density at radius 1 is 1.33 bits per heavy atom. The molecule has 27 heavy (non-hydrogen) atoms. The van der Waals surface area contributed by atoms with Gasteiger partial charge in [0.05, 0.1) is 0 Å². The molecule has 4 fully saturated rings. The zero-order chi connectivity index (χ0) is 18.9. The molecule has 0 radical (unpaired) electrons. The molecular weight excluding hydrogens is 348 g/mol. The molecule has 3 saturated carbocycles. The van der Waals surface area contributed by atoms with Crippen molar-refractivity contribution in [2.75, 3.05) is 6.54 Å². The largest absolute Gasteiger partial charge is 0.356 e. The minimum absolute atomic E-state index is 0.0317. The number of hydrogen-bond acceptors (Lipinski definition) is 3. The Hall–Kier alpha value is -1.98. The van der Waals surface area contributed by atoms with E-state index < -0.39 is 12.1 Å². The molecule has 6 rings (SSSR count). The highest BCUT2D eigenvalue weighted by atomic mass is 19.2. The topological polar surface area (TPSA) is 44.7 Å². The Balaban J connectivity index is 1.24. The van der Waals surface area contributed by atoms with Crippen LogP contribution in [0.15, 0.2) is 40.9 Å². The number of carbonyl (C=O) groups is 1. The number of alkyl halides is 1. The van der Waals surface area contributed by atoms with Crippen molar-refractivity contribution >= 4 is 12.1 Å². The highest BCUT2D eigenvalue weighted by Crippen LogP contribution is 2.77. The van der Waals surface area contributed by atoms with Crippen LogP contribution >= 0.6 is 0 Å². The summed E-state index contributed by atoms with van der Waals surface area (Å²) in [6, 6.07) is 0. The van der Waals surface area contributed by atoms with E-state index in [9.17, 15) is 13.6 Å². The molecule has 2 bridgehead atoms. The summed E-state index contributed by atoms with van der Waals surface area (Å²) >= 11 is 0. The van der Waals surface area contributed by atoms with Gasteiger partial charge in [-0.25, -0.2) is 8.78 Å². The Labute approximate surface area is 158 Å². The third kappa shape index (κ3) is 2.31. The minimum atomic E-state index is -1.76. The molecule has 6 heteroatoms. The molecule has 6 aliphatic rings. The van der Waals surface area contributed by atoms with Gasteiger partial charge in [0.2, 0.25) is 12.2 Å². The number of halogens is 2. The van der Waals surface area contributed by atoms with Crippen LogP contribution in [0.3, 0.4) is 0 Å². The first kappa shape index (κ1) is 17.1. The fourth-order valence-corrected chi connectivity index (χ4v) is 5.98. The van der Waals surface area contributed by atoms with Gasteiger partial charge in [0.15, 0.2) is 5.83 Å². The lowest BCUT2D eigenvalue weighted by Crippen LogP contribution is -2.79. The fourth-order valence-electron chi connectivity index (χ4n) is 5.98. The average molecular weight is 373 g/mol. The number of nitrogens with one attached hydrogen (secondary N) is 1. The van der Waals surface area contributed by atoms with Crippen LogP contribution in [0.2, 0.25) is 0 Å². The first-order valence-corrected chi connectivity index (χ1v) is 9.84. The molecule has 3 heterocycles. The zero-order valence-electron chi connectivity index (χ0n) is 15.5. The summed E-state index contributed by atoms with van der Waals surface area (Å²) in [6.07, 6.45) is 12.6. The van der Waals surface area contributed by atoms with Crippen LogP contribution in [-0.2, 0) is 4.79 Å². The number of carbonyl (C=O) groups excluding carboxylic acids is 1. The van der Waals surface area contributed by atoms with Gasteiger partial charge in [-0.15, -0.1) is 0 Å². The lowest BCUT2D eigenvalue weighted by atomic mass is 9.31. The number of rotatable bonds is 3. The number of hydrogen-bond donors (Lipinski definition) is 1. The van der Waals surface area contributed by atoms with E-state index in [1.54, 1.807) is 0 Å². The molecule has 3 aliphatic carbocycles. The number of aliphatic imine (C=N–C) groups is 1. The van der Waals surface area contributed by atoms with Crippen molar-refractivity contribution < 1.29 is 13.6 Å². The van der Waals surface area contributed by atoms with Crippen molar-refractivity contribution in [1.82, 2.24) is 10.2 Å². The maximum Gasteiger partial charge on any atom is 0.223 e. The summed E-state index contributed by atoms with van der Waals surface area (Å²) in [7, 11) is 0. The highest BCUT2D eigenvalue weighted by molar-refractivity contribution is 5.79. The first-order valence-electron chi connectivity index (χ1n) is 9.84. The quantitative estimate of drug-likeness (QED) is 0.765. The van der Waals surface area contributed by atoms with E-state index in [1.807, 2.05) is 12.4 Å². The van der Waals surface area contributed by atoms with E-state index in [2.05, 4.69) is 28.2 Å². The van der Waals surface area contributed by atoms with Gasteiger partial charge in [-0.1, -0.05) is 13.0 Å². The van der Waals surface area contributed by atoms with Crippen molar-refractivity contribution in [1.29, 1.82) is 0 Å². The van der Waals surface area contributed by atoms with Gasteiger partial charge >= 0.3 is 0 Å². The van der Waals surface area contributed by atoms with Crippen LogP contribution in [0.5, 0.6) is 0 Å². The summed E-state index contributed by atoms with van der Waals surface area (Å²) in [4.78, 5) is 19.2. The van der Waals surface area contributed by atoms with Crippen LogP contribution in [-0.4, -0.2) is 35.4 Å². The number of amides is 1. The van der Waals surface area contributed by atoms with E-state index in [1.165, 1.54) is 12.3 Å². The van der Waals surface area contributed by atoms with E-state index in [4.69, 9.17) is 0 Å². The van der Waals surface area contributed by atoms with E-state index in [-0.39, 0.29) is 22.8 Å². The number of piperidine rings is 1. The predicted molar refractivity (Wildman–Crippen MR) is 99.1 cm³/mol. The normalized spacial score (nSPS) is 45.4. The Kier molecular flexibility index (Phi) is 3.50. The monoisotopic (exact) mass is 373 g/mol. The van der Waals surface area contributed by atoms with Crippen LogP contribution in [0.25, 0.3) is 0 Å². The molecule has 3 atom stereocenters. The van der Waals surface area contributed by atoms with E-state index in [0.29, 0.717) is 24.0 Å². The number of nitrogens with zero attached hydrogens (tertiary/aromatic N) is 2. The zero-order valence-corrected chi connectivity index (χ0v) is 15.5. The molecule has 1 N–H and O–H groups in total. The van der Waals surface area contributed by atoms with Gasteiger partial charge < -0.3 is 10.2 Å². The smallest absolute Gasteiger partial charge is 0.223 e. The molecule has 0 aromatic carbocycles. The average Bonchev–Trinajstić information content (AvgIpc) is 2.57. The molecule has 3 aliphatic heterocycles. The Morgan fingerprint density at radius 2 is 2.11 bits per heavy atom.